The van der Waals surface area contributed by atoms with Gasteiger partial charge in [0.25, 0.3) is 5.91 Å². The van der Waals surface area contributed by atoms with Crippen molar-refractivity contribution in [3.8, 4) is 0 Å². The van der Waals surface area contributed by atoms with Crippen LogP contribution in [-0.4, -0.2) is 49.1 Å². The molecule has 1 amide bonds. The number of amides is 1. The minimum atomic E-state index is -0.777. The zero-order valence-corrected chi connectivity index (χ0v) is 18.6. The number of thiophene rings is 1. The minimum absolute atomic E-state index is 0.0741. The van der Waals surface area contributed by atoms with Crippen molar-refractivity contribution in [3.05, 3.63) is 39.0 Å². The number of carbonyl (C=O) groups excluding carboxylic acids is 4. The molecule has 0 unspecified atom stereocenters. The third-order valence-corrected chi connectivity index (χ3v) is 5.85. The molecule has 0 aromatic carbocycles. The number of H-pyrrole nitrogens is 1. The van der Waals surface area contributed by atoms with Gasteiger partial charge in [-0.1, -0.05) is 0 Å². The van der Waals surface area contributed by atoms with E-state index in [1.807, 2.05) is 5.38 Å². The molecule has 1 saturated carbocycles. The molecular formula is C21H24N2O7S. The standard InChI is InChI=1S/C21H24N2O7S/c1-5-29-20(26)16-13(12-6-7-12)9-31-18(16)23-14(24)8-30-21(27)17-10(2)15(11(3)22-17)19(25)28-4/h9,12,22H,5-8H2,1-4H3,(H,23,24). The molecule has 1 aliphatic carbocycles. The molecule has 0 atom stereocenters. The maximum Gasteiger partial charge on any atom is 0.355 e. The second-order valence-corrected chi connectivity index (χ2v) is 8.01. The number of ether oxygens (including phenoxy) is 3. The van der Waals surface area contributed by atoms with Gasteiger partial charge in [0, 0.05) is 5.69 Å². The smallest absolute Gasteiger partial charge is 0.355 e. The van der Waals surface area contributed by atoms with Crippen LogP contribution >= 0.6 is 11.3 Å². The van der Waals surface area contributed by atoms with Gasteiger partial charge in [-0.15, -0.1) is 11.3 Å². The number of rotatable bonds is 8. The highest BCUT2D eigenvalue weighted by Crippen LogP contribution is 2.46. The Bertz CT molecular complexity index is 1030. The summed E-state index contributed by atoms with van der Waals surface area (Å²) in [7, 11) is 1.25. The highest BCUT2D eigenvalue weighted by Gasteiger charge is 2.32. The van der Waals surface area contributed by atoms with Crippen molar-refractivity contribution >= 4 is 40.2 Å². The summed E-state index contributed by atoms with van der Waals surface area (Å²) >= 11 is 1.24. The van der Waals surface area contributed by atoms with Crippen molar-refractivity contribution in [1.29, 1.82) is 0 Å². The molecule has 166 valence electrons. The van der Waals surface area contributed by atoms with E-state index >= 15 is 0 Å². The van der Waals surface area contributed by atoms with Gasteiger partial charge < -0.3 is 24.5 Å². The molecular weight excluding hydrogens is 424 g/mol. The number of carbonyl (C=O) groups is 4. The van der Waals surface area contributed by atoms with Gasteiger partial charge in [-0.25, -0.2) is 14.4 Å². The molecule has 2 heterocycles. The monoisotopic (exact) mass is 448 g/mol. The second-order valence-electron chi connectivity index (χ2n) is 7.13. The van der Waals surface area contributed by atoms with Crippen LogP contribution in [0.4, 0.5) is 5.00 Å². The lowest BCUT2D eigenvalue weighted by Gasteiger charge is -2.09. The Morgan fingerprint density at radius 3 is 2.42 bits per heavy atom. The zero-order valence-electron chi connectivity index (χ0n) is 17.7. The molecule has 9 nitrogen and oxygen atoms in total. The Morgan fingerprint density at radius 1 is 1.10 bits per heavy atom. The molecule has 2 N–H and O–H groups in total. The molecule has 1 aliphatic rings. The third kappa shape index (κ3) is 4.79. The fourth-order valence-electron chi connectivity index (χ4n) is 3.30. The largest absolute Gasteiger partial charge is 0.465 e. The molecule has 0 aliphatic heterocycles. The van der Waals surface area contributed by atoms with Gasteiger partial charge in [0.2, 0.25) is 0 Å². The number of aryl methyl sites for hydroxylation is 1. The molecule has 0 radical (unpaired) electrons. The normalized spacial score (nSPS) is 12.9. The fraction of sp³-hybridized carbons (Fsp3) is 0.429. The average molecular weight is 448 g/mol. The van der Waals surface area contributed by atoms with Crippen LogP contribution in [0.5, 0.6) is 0 Å². The number of nitrogens with one attached hydrogen (secondary N) is 2. The maximum absolute atomic E-state index is 12.4. The minimum Gasteiger partial charge on any atom is -0.465 e. The number of hydrogen-bond acceptors (Lipinski definition) is 8. The first kappa shape index (κ1) is 22.5. The van der Waals surface area contributed by atoms with Gasteiger partial charge in [-0.2, -0.15) is 0 Å². The molecule has 2 aromatic rings. The number of hydrogen-bond donors (Lipinski definition) is 2. The summed E-state index contributed by atoms with van der Waals surface area (Å²) in [4.78, 5) is 51.8. The van der Waals surface area contributed by atoms with E-state index in [4.69, 9.17) is 14.2 Å². The second kappa shape index (κ2) is 9.34. The molecule has 2 aromatic heterocycles. The van der Waals surface area contributed by atoms with Crippen LogP contribution in [0.2, 0.25) is 0 Å². The Morgan fingerprint density at radius 2 is 1.81 bits per heavy atom. The number of esters is 3. The molecule has 31 heavy (non-hydrogen) atoms. The molecule has 10 heteroatoms. The number of aromatic nitrogens is 1. The van der Waals surface area contributed by atoms with Crippen LogP contribution in [0.25, 0.3) is 0 Å². The van der Waals surface area contributed by atoms with Gasteiger partial charge in [-0.05, 0) is 56.0 Å². The van der Waals surface area contributed by atoms with Crippen LogP contribution in [0.15, 0.2) is 5.38 Å². The van der Waals surface area contributed by atoms with Gasteiger partial charge in [0.05, 0.1) is 24.8 Å². The van der Waals surface area contributed by atoms with E-state index in [-0.39, 0.29) is 17.9 Å². The van der Waals surface area contributed by atoms with E-state index < -0.39 is 30.4 Å². The molecule has 0 saturated heterocycles. The Hall–Kier alpha value is -3.14. The zero-order chi connectivity index (χ0) is 22.7. The summed E-state index contributed by atoms with van der Waals surface area (Å²) in [5.41, 5.74) is 2.42. The molecule has 1 fully saturated rings. The van der Waals surface area contributed by atoms with Crippen molar-refractivity contribution in [1.82, 2.24) is 4.98 Å². The number of methoxy groups -OCH3 is 1. The van der Waals surface area contributed by atoms with E-state index in [1.54, 1.807) is 20.8 Å². The number of anilines is 1. The van der Waals surface area contributed by atoms with Crippen LogP contribution < -0.4 is 5.32 Å². The van der Waals surface area contributed by atoms with Gasteiger partial charge in [0.15, 0.2) is 6.61 Å². The van der Waals surface area contributed by atoms with E-state index in [2.05, 4.69) is 10.3 Å². The molecule has 0 spiro atoms. The lowest BCUT2D eigenvalue weighted by Crippen LogP contribution is -2.22. The Labute approximate surface area is 183 Å². The van der Waals surface area contributed by atoms with Crippen LogP contribution in [-0.2, 0) is 19.0 Å². The van der Waals surface area contributed by atoms with Crippen molar-refractivity contribution < 1.29 is 33.4 Å². The lowest BCUT2D eigenvalue weighted by molar-refractivity contribution is -0.119. The van der Waals surface area contributed by atoms with E-state index in [0.29, 0.717) is 27.7 Å². The molecule has 3 rings (SSSR count). The topological polar surface area (TPSA) is 124 Å². The van der Waals surface area contributed by atoms with Gasteiger partial charge in [-0.3, -0.25) is 4.79 Å². The van der Waals surface area contributed by atoms with Crippen LogP contribution in [0.1, 0.15) is 73.7 Å². The predicted molar refractivity (Wildman–Crippen MR) is 113 cm³/mol. The van der Waals surface area contributed by atoms with Gasteiger partial charge >= 0.3 is 17.9 Å². The summed E-state index contributed by atoms with van der Waals surface area (Å²) in [5, 5.41) is 4.86. The first-order valence-electron chi connectivity index (χ1n) is 9.81. The Balaban J connectivity index is 1.67. The lowest BCUT2D eigenvalue weighted by atomic mass is 10.1. The molecule has 0 bridgehead atoms. The maximum atomic E-state index is 12.4. The quantitative estimate of drug-likeness (QED) is 0.469. The van der Waals surface area contributed by atoms with Crippen LogP contribution in [0.3, 0.4) is 0 Å². The average Bonchev–Trinajstić information content (AvgIpc) is 3.43. The van der Waals surface area contributed by atoms with Crippen molar-refractivity contribution in [2.45, 2.75) is 39.5 Å². The van der Waals surface area contributed by atoms with E-state index in [1.165, 1.54) is 18.4 Å². The summed E-state index contributed by atoms with van der Waals surface area (Å²) in [5.74, 6) is -2.11. The van der Waals surface area contributed by atoms with Gasteiger partial charge in [0.1, 0.15) is 10.7 Å². The summed E-state index contributed by atoms with van der Waals surface area (Å²) < 4.78 is 14.9. The highest BCUT2D eigenvalue weighted by molar-refractivity contribution is 7.15. The summed E-state index contributed by atoms with van der Waals surface area (Å²) in [6.07, 6.45) is 1.99. The predicted octanol–water partition coefficient (Wildman–Crippen LogP) is 3.33. The van der Waals surface area contributed by atoms with Crippen LogP contribution in [0, 0.1) is 13.8 Å². The van der Waals surface area contributed by atoms with E-state index in [9.17, 15) is 19.2 Å². The van der Waals surface area contributed by atoms with Crippen molar-refractivity contribution in [3.63, 3.8) is 0 Å². The summed E-state index contributed by atoms with van der Waals surface area (Å²) in [6, 6.07) is 0. The van der Waals surface area contributed by atoms with E-state index in [0.717, 1.165) is 18.4 Å². The fourth-order valence-corrected chi connectivity index (χ4v) is 4.35. The van der Waals surface area contributed by atoms with Crippen molar-refractivity contribution in [2.75, 3.05) is 25.6 Å². The Kier molecular flexibility index (Phi) is 6.79. The number of aromatic amines is 1. The highest BCUT2D eigenvalue weighted by atomic mass is 32.1. The summed E-state index contributed by atoms with van der Waals surface area (Å²) in [6.45, 7) is 4.61. The first-order chi connectivity index (χ1) is 14.8. The third-order valence-electron chi connectivity index (χ3n) is 4.93. The van der Waals surface area contributed by atoms with Crippen molar-refractivity contribution in [2.24, 2.45) is 0 Å². The first-order valence-corrected chi connectivity index (χ1v) is 10.7. The SMILES string of the molecule is CCOC(=O)c1c(C2CC2)csc1NC(=O)COC(=O)c1[nH]c(C)c(C(=O)OC)c1C.